The van der Waals surface area contributed by atoms with Gasteiger partial charge in [-0.1, -0.05) is 30.7 Å². The molecule has 116 valence electrons. The van der Waals surface area contributed by atoms with E-state index in [4.69, 9.17) is 11.6 Å². The Morgan fingerprint density at radius 2 is 2.29 bits per heavy atom. The molecule has 1 unspecified atom stereocenters. The second-order valence-electron chi connectivity index (χ2n) is 5.48. The largest absolute Gasteiger partial charge is 0.356 e. The fraction of sp³-hybridized carbons (Fsp3) is 0.562. The zero-order valence-corrected chi connectivity index (χ0v) is 13.7. The van der Waals surface area contributed by atoms with Crippen LogP contribution in [0.25, 0.3) is 0 Å². The number of nitrogens with zero attached hydrogens (tertiary/aromatic N) is 2. The van der Waals surface area contributed by atoms with E-state index >= 15 is 0 Å². The molecular weight excluding hydrogens is 284 g/mol. The summed E-state index contributed by atoms with van der Waals surface area (Å²) in [7, 11) is 1.81. The Morgan fingerprint density at radius 3 is 2.95 bits per heavy atom. The van der Waals surface area contributed by atoms with Crippen LogP contribution in [-0.4, -0.2) is 44.1 Å². The van der Waals surface area contributed by atoms with Crippen LogP contribution >= 0.6 is 11.6 Å². The van der Waals surface area contributed by atoms with Crippen molar-refractivity contribution in [2.24, 2.45) is 10.9 Å². The molecule has 0 radical (unpaired) electrons. The number of hydrogen-bond acceptors (Lipinski definition) is 2. The first-order chi connectivity index (χ1) is 10.2. The lowest BCUT2D eigenvalue weighted by Crippen LogP contribution is -2.39. The molecule has 1 aliphatic rings. The summed E-state index contributed by atoms with van der Waals surface area (Å²) in [5.41, 5.74) is 1.16. The van der Waals surface area contributed by atoms with Gasteiger partial charge in [0.25, 0.3) is 0 Å². The second kappa shape index (κ2) is 8.25. The van der Waals surface area contributed by atoms with E-state index in [2.05, 4.69) is 33.5 Å². The Balaban J connectivity index is 1.74. The third kappa shape index (κ3) is 5.21. The standard InChI is InChI=1S/C16H25ClN4/c1-3-21-8-7-14(12-21)11-20-16(18-2)19-10-13-5-4-6-15(17)9-13/h4-6,9,14H,3,7-8,10-12H2,1-2H3,(H2,18,19,20). The Bertz CT molecular complexity index is 475. The van der Waals surface area contributed by atoms with Crippen molar-refractivity contribution in [3.05, 3.63) is 34.9 Å². The molecule has 0 amide bonds. The van der Waals surface area contributed by atoms with E-state index in [-0.39, 0.29) is 0 Å². The fourth-order valence-electron chi connectivity index (χ4n) is 2.66. The van der Waals surface area contributed by atoms with Crippen molar-refractivity contribution >= 4 is 17.6 Å². The lowest BCUT2D eigenvalue weighted by molar-refractivity contribution is 0.342. The molecule has 0 spiro atoms. The smallest absolute Gasteiger partial charge is 0.191 e. The van der Waals surface area contributed by atoms with Gasteiger partial charge in [0.1, 0.15) is 0 Å². The van der Waals surface area contributed by atoms with Crippen molar-refractivity contribution < 1.29 is 0 Å². The summed E-state index contributed by atoms with van der Waals surface area (Å²) in [6.45, 7) is 7.49. The summed E-state index contributed by atoms with van der Waals surface area (Å²) < 4.78 is 0. The molecule has 1 fully saturated rings. The molecule has 0 saturated carbocycles. The van der Waals surface area contributed by atoms with E-state index < -0.39 is 0 Å². The third-order valence-electron chi connectivity index (χ3n) is 3.95. The summed E-state index contributed by atoms with van der Waals surface area (Å²) in [4.78, 5) is 6.77. The van der Waals surface area contributed by atoms with Gasteiger partial charge in [0.2, 0.25) is 0 Å². The highest BCUT2D eigenvalue weighted by molar-refractivity contribution is 6.30. The Hall–Kier alpha value is -1.26. The van der Waals surface area contributed by atoms with Gasteiger partial charge >= 0.3 is 0 Å². The van der Waals surface area contributed by atoms with Gasteiger partial charge in [0, 0.05) is 31.7 Å². The quantitative estimate of drug-likeness (QED) is 0.648. The van der Waals surface area contributed by atoms with Crippen molar-refractivity contribution in [3.63, 3.8) is 0 Å². The molecule has 1 aromatic carbocycles. The van der Waals surface area contributed by atoms with Crippen molar-refractivity contribution in [1.82, 2.24) is 15.5 Å². The minimum atomic E-state index is 0.717. The normalized spacial score (nSPS) is 19.8. The van der Waals surface area contributed by atoms with Gasteiger partial charge < -0.3 is 15.5 Å². The highest BCUT2D eigenvalue weighted by atomic mass is 35.5. The Labute approximate surface area is 132 Å². The number of guanidine groups is 1. The molecule has 1 heterocycles. The second-order valence-corrected chi connectivity index (χ2v) is 5.92. The summed E-state index contributed by atoms with van der Waals surface area (Å²) in [6, 6.07) is 7.88. The highest BCUT2D eigenvalue weighted by Gasteiger charge is 2.20. The molecule has 1 atom stereocenters. The first-order valence-electron chi connectivity index (χ1n) is 7.62. The van der Waals surface area contributed by atoms with Crippen molar-refractivity contribution in [3.8, 4) is 0 Å². The number of nitrogens with one attached hydrogen (secondary N) is 2. The molecular formula is C16H25ClN4. The van der Waals surface area contributed by atoms with Gasteiger partial charge in [-0.3, -0.25) is 4.99 Å². The number of hydrogen-bond donors (Lipinski definition) is 2. The summed E-state index contributed by atoms with van der Waals surface area (Å²) in [6.07, 6.45) is 1.27. The minimum absolute atomic E-state index is 0.717. The number of likely N-dealkylation sites (tertiary alicyclic amines) is 1. The maximum atomic E-state index is 5.99. The van der Waals surface area contributed by atoms with Gasteiger partial charge in [-0.25, -0.2) is 0 Å². The maximum absolute atomic E-state index is 5.99. The van der Waals surface area contributed by atoms with Crippen molar-refractivity contribution in [1.29, 1.82) is 0 Å². The zero-order chi connectivity index (χ0) is 15.1. The molecule has 1 aromatic rings. The van der Waals surface area contributed by atoms with Crippen LogP contribution in [-0.2, 0) is 6.54 Å². The Kier molecular flexibility index (Phi) is 6.33. The molecule has 0 aromatic heterocycles. The lowest BCUT2D eigenvalue weighted by atomic mass is 10.1. The first-order valence-corrected chi connectivity index (χ1v) is 8.00. The number of aliphatic imine (C=N–C) groups is 1. The third-order valence-corrected chi connectivity index (χ3v) is 4.18. The van der Waals surface area contributed by atoms with Crippen LogP contribution < -0.4 is 10.6 Å². The van der Waals surface area contributed by atoms with E-state index in [0.29, 0.717) is 0 Å². The molecule has 4 nitrogen and oxygen atoms in total. The van der Waals surface area contributed by atoms with Crippen LogP contribution in [0.15, 0.2) is 29.3 Å². The number of benzene rings is 1. The van der Waals surface area contributed by atoms with Crippen LogP contribution in [0.3, 0.4) is 0 Å². The van der Waals surface area contributed by atoms with Crippen LogP contribution in [0, 0.1) is 5.92 Å². The first kappa shape index (κ1) is 16.1. The molecule has 5 heteroatoms. The summed E-state index contributed by atoms with van der Waals surface area (Å²) in [5.74, 6) is 1.57. The van der Waals surface area contributed by atoms with Gasteiger partial charge in [-0.05, 0) is 43.1 Å². The van der Waals surface area contributed by atoms with Gasteiger partial charge in [-0.2, -0.15) is 0 Å². The predicted molar refractivity (Wildman–Crippen MR) is 89.9 cm³/mol. The zero-order valence-electron chi connectivity index (χ0n) is 12.9. The molecule has 1 saturated heterocycles. The van der Waals surface area contributed by atoms with E-state index in [0.717, 1.165) is 42.1 Å². The predicted octanol–water partition coefficient (Wildman–Crippen LogP) is 2.35. The fourth-order valence-corrected chi connectivity index (χ4v) is 2.87. The molecule has 0 bridgehead atoms. The van der Waals surface area contributed by atoms with Crippen molar-refractivity contribution in [2.45, 2.75) is 19.9 Å². The maximum Gasteiger partial charge on any atom is 0.191 e. The topological polar surface area (TPSA) is 39.7 Å². The monoisotopic (exact) mass is 308 g/mol. The van der Waals surface area contributed by atoms with Crippen LogP contribution in [0.5, 0.6) is 0 Å². The molecule has 2 N–H and O–H groups in total. The highest BCUT2D eigenvalue weighted by Crippen LogP contribution is 2.14. The van der Waals surface area contributed by atoms with Crippen LogP contribution in [0.1, 0.15) is 18.9 Å². The van der Waals surface area contributed by atoms with Gasteiger partial charge in [0.15, 0.2) is 5.96 Å². The van der Waals surface area contributed by atoms with Crippen LogP contribution in [0.2, 0.25) is 5.02 Å². The van der Waals surface area contributed by atoms with E-state index in [9.17, 15) is 0 Å². The molecule has 0 aliphatic carbocycles. The minimum Gasteiger partial charge on any atom is -0.356 e. The lowest BCUT2D eigenvalue weighted by Gasteiger charge is -2.16. The van der Waals surface area contributed by atoms with Crippen molar-refractivity contribution in [2.75, 3.05) is 33.2 Å². The van der Waals surface area contributed by atoms with E-state index in [1.807, 2.05) is 18.2 Å². The number of rotatable bonds is 5. The SMILES string of the molecule is CCN1CCC(CNC(=NC)NCc2cccc(Cl)c2)C1. The van der Waals surface area contributed by atoms with E-state index in [1.54, 1.807) is 7.05 Å². The molecule has 2 rings (SSSR count). The number of halogens is 1. The summed E-state index contributed by atoms with van der Waals surface area (Å²) >= 11 is 5.99. The van der Waals surface area contributed by atoms with E-state index in [1.165, 1.54) is 19.5 Å². The average Bonchev–Trinajstić information content (AvgIpc) is 2.95. The molecule has 21 heavy (non-hydrogen) atoms. The van der Waals surface area contributed by atoms with Gasteiger partial charge in [0.05, 0.1) is 0 Å². The summed E-state index contributed by atoms with van der Waals surface area (Å²) in [5, 5.41) is 7.52. The van der Waals surface area contributed by atoms with Gasteiger partial charge in [-0.15, -0.1) is 0 Å². The molecule has 1 aliphatic heterocycles. The Morgan fingerprint density at radius 1 is 1.43 bits per heavy atom. The average molecular weight is 309 g/mol. The van der Waals surface area contributed by atoms with Crippen LogP contribution in [0.4, 0.5) is 0 Å².